The first kappa shape index (κ1) is 15.8. The van der Waals surface area contributed by atoms with Gasteiger partial charge < -0.3 is 14.8 Å². The van der Waals surface area contributed by atoms with Crippen LogP contribution in [-0.2, 0) is 6.42 Å². The van der Waals surface area contributed by atoms with E-state index < -0.39 is 0 Å². The molecule has 2 N–H and O–H groups in total. The van der Waals surface area contributed by atoms with Crippen molar-refractivity contribution >= 4 is 17.4 Å². The molecular weight excluding hydrogens is 290 g/mol. The van der Waals surface area contributed by atoms with Crippen LogP contribution >= 0.6 is 11.3 Å². The lowest BCUT2D eigenvalue weighted by Crippen LogP contribution is -2.05. The van der Waals surface area contributed by atoms with Gasteiger partial charge in [0.05, 0.1) is 6.61 Å². The van der Waals surface area contributed by atoms with Crippen LogP contribution in [0, 0.1) is 0 Å². The number of anilines is 1. The SMILES string of the molecule is CC(C)c1nnc(CCC(C)c2nnc(NCCO)o2)s1. The largest absolute Gasteiger partial charge is 0.408 e. The summed E-state index contributed by atoms with van der Waals surface area (Å²) in [6, 6.07) is 0.351. The van der Waals surface area contributed by atoms with Gasteiger partial charge in [-0.2, -0.15) is 0 Å². The minimum atomic E-state index is 0.0303. The third kappa shape index (κ3) is 4.47. The number of nitrogens with zero attached hydrogens (tertiary/aromatic N) is 4. The quantitative estimate of drug-likeness (QED) is 0.771. The van der Waals surface area contributed by atoms with Crippen LogP contribution < -0.4 is 5.32 Å². The maximum Gasteiger partial charge on any atom is 0.315 e. The zero-order chi connectivity index (χ0) is 15.2. The third-order valence-electron chi connectivity index (χ3n) is 3.02. The summed E-state index contributed by atoms with van der Waals surface area (Å²) in [6.07, 6.45) is 1.74. The Morgan fingerprint density at radius 2 is 2.00 bits per heavy atom. The van der Waals surface area contributed by atoms with Gasteiger partial charge in [-0.1, -0.05) is 25.9 Å². The predicted octanol–water partition coefficient (Wildman–Crippen LogP) is 2.19. The normalized spacial score (nSPS) is 12.8. The Labute approximate surface area is 127 Å². The number of aryl methyl sites for hydroxylation is 1. The lowest BCUT2D eigenvalue weighted by molar-refractivity contribution is 0.309. The maximum absolute atomic E-state index is 8.73. The minimum Gasteiger partial charge on any atom is -0.408 e. The predicted molar refractivity (Wildman–Crippen MR) is 80.6 cm³/mol. The molecule has 7 nitrogen and oxygen atoms in total. The van der Waals surface area contributed by atoms with Crippen LogP contribution in [0.15, 0.2) is 4.42 Å². The van der Waals surface area contributed by atoms with Crippen molar-refractivity contribution in [2.45, 2.75) is 45.4 Å². The van der Waals surface area contributed by atoms with Gasteiger partial charge in [-0.05, 0) is 6.42 Å². The van der Waals surface area contributed by atoms with E-state index in [2.05, 4.69) is 39.6 Å². The van der Waals surface area contributed by atoms with E-state index in [4.69, 9.17) is 9.52 Å². The fraction of sp³-hybridized carbons (Fsp3) is 0.692. The summed E-state index contributed by atoms with van der Waals surface area (Å²) in [7, 11) is 0. The Kier molecular flexibility index (Phi) is 5.63. The molecule has 0 aromatic carbocycles. The van der Waals surface area contributed by atoms with Gasteiger partial charge in [0, 0.05) is 24.8 Å². The van der Waals surface area contributed by atoms with Crippen molar-refractivity contribution in [3.05, 3.63) is 15.9 Å². The molecule has 8 heteroatoms. The molecule has 2 rings (SSSR count). The molecule has 21 heavy (non-hydrogen) atoms. The smallest absolute Gasteiger partial charge is 0.315 e. The molecule has 0 aliphatic rings. The molecule has 2 aromatic heterocycles. The highest BCUT2D eigenvalue weighted by atomic mass is 32.1. The summed E-state index contributed by atoms with van der Waals surface area (Å²) in [5.41, 5.74) is 0. The van der Waals surface area contributed by atoms with Crippen molar-refractivity contribution < 1.29 is 9.52 Å². The first-order valence-electron chi connectivity index (χ1n) is 7.10. The van der Waals surface area contributed by atoms with Gasteiger partial charge in [-0.3, -0.25) is 0 Å². The fourth-order valence-corrected chi connectivity index (χ4v) is 2.59. The molecule has 2 heterocycles. The highest BCUT2D eigenvalue weighted by Gasteiger charge is 2.15. The van der Waals surface area contributed by atoms with E-state index in [0.717, 1.165) is 22.9 Å². The molecule has 0 bridgehead atoms. The van der Waals surface area contributed by atoms with Gasteiger partial charge in [0.15, 0.2) is 0 Å². The van der Waals surface area contributed by atoms with Gasteiger partial charge in [0.2, 0.25) is 5.89 Å². The Hall–Kier alpha value is -1.54. The lowest BCUT2D eigenvalue weighted by atomic mass is 10.1. The highest BCUT2D eigenvalue weighted by molar-refractivity contribution is 7.11. The van der Waals surface area contributed by atoms with Crippen LogP contribution in [0.25, 0.3) is 0 Å². The van der Waals surface area contributed by atoms with E-state index in [1.807, 2.05) is 6.92 Å². The van der Waals surface area contributed by atoms with Crippen LogP contribution in [0.1, 0.15) is 54.9 Å². The second-order valence-electron chi connectivity index (χ2n) is 5.22. The van der Waals surface area contributed by atoms with E-state index in [1.54, 1.807) is 11.3 Å². The molecule has 0 spiro atoms. The van der Waals surface area contributed by atoms with Crippen molar-refractivity contribution in [3.8, 4) is 0 Å². The van der Waals surface area contributed by atoms with E-state index in [0.29, 0.717) is 24.4 Å². The lowest BCUT2D eigenvalue weighted by Gasteiger charge is -2.04. The molecule has 0 aliphatic heterocycles. The summed E-state index contributed by atoms with van der Waals surface area (Å²) in [6.45, 7) is 6.72. The van der Waals surface area contributed by atoms with Gasteiger partial charge in [0.1, 0.15) is 10.0 Å². The van der Waals surface area contributed by atoms with Crippen LogP contribution in [-0.4, -0.2) is 38.7 Å². The van der Waals surface area contributed by atoms with Gasteiger partial charge in [-0.15, -0.1) is 26.6 Å². The average molecular weight is 311 g/mol. The molecule has 116 valence electrons. The number of nitrogens with one attached hydrogen (secondary N) is 1. The van der Waals surface area contributed by atoms with Gasteiger partial charge in [-0.25, -0.2) is 0 Å². The molecule has 0 radical (unpaired) electrons. The molecule has 2 aromatic rings. The monoisotopic (exact) mass is 311 g/mol. The second kappa shape index (κ2) is 7.46. The Balaban J connectivity index is 1.85. The van der Waals surface area contributed by atoms with E-state index in [9.17, 15) is 0 Å². The molecule has 0 amide bonds. The standard InChI is InChI=1S/C13H21N5O2S/c1-8(2)12-17-15-10(21-12)5-4-9(3)11-16-18-13(20-11)14-6-7-19/h8-9,19H,4-7H2,1-3H3,(H,14,18). The number of aliphatic hydroxyl groups excluding tert-OH is 1. The summed E-state index contributed by atoms with van der Waals surface area (Å²) >= 11 is 1.67. The summed E-state index contributed by atoms with van der Waals surface area (Å²) in [4.78, 5) is 0. The zero-order valence-electron chi connectivity index (χ0n) is 12.5. The zero-order valence-corrected chi connectivity index (χ0v) is 13.4. The summed E-state index contributed by atoms with van der Waals surface area (Å²) in [5, 5.41) is 30.0. The molecule has 1 unspecified atom stereocenters. The van der Waals surface area contributed by atoms with Crippen LogP contribution in [0.3, 0.4) is 0 Å². The number of hydrogen-bond donors (Lipinski definition) is 2. The van der Waals surface area contributed by atoms with Gasteiger partial charge in [0.25, 0.3) is 0 Å². The molecule has 0 fully saturated rings. The number of rotatable bonds is 8. The van der Waals surface area contributed by atoms with Crippen molar-refractivity contribution in [3.63, 3.8) is 0 Å². The average Bonchev–Trinajstić information content (AvgIpc) is 3.11. The third-order valence-corrected chi connectivity index (χ3v) is 4.30. The van der Waals surface area contributed by atoms with Crippen LogP contribution in [0.5, 0.6) is 0 Å². The minimum absolute atomic E-state index is 0.0303. The van der Waals surface area contributed by atoms with Crippen molar-refractivity contribution in [1.82, 2.24) is 20.4 Å². The number of hydrogen-bond acceptors (Lipinski definition) is 8. The molecular formula is C13H21N5O2S. The number of aliphatic hydroxyl groups is 1. The maximum atomic E-state index is 8.73. The van der Waals surface area contributed by atoms with Crippen LogP contribution in [0.4, 0.5) is 6.01 Å². The Morgan fingerprint density at radius 3 is 2.67 bits per heavy atom. The Bertz CT molecular complexity index is 554. The van der Waals surface area contributed by atoms with Gasteiger partial charge >= 0.3 is 6.01 Å². The molecule has 1 atom stereocenters. The molecule has 0 saturated heterocycles. The summed E-state index contributed by atoms with van der Waals surface area (Å²) < 4.78 is 5.50. The van der Waals surface area contributed by atoms with Crippen molar-refractivity contribution in [1.29, 1.82) is 0 Å². The van der Waals surface area contributed by atoms with E-state index in [1.165, 1.54) is 0 Å². The first-order chi connectivity index (χ1) is 10.1. The molecule has 0 saturated carbocycles. The fourth-order valence-electron chi connectivity index (χ4n) is 1.73. The first-order valence-corrected chi connectivity index (χ1v) is 7.92. The van der Waals surface area contributed by atoms with E-state index in [-0.39, 0.29) is 12.5 Å². The highest BCUT2D eigenvalue weighted by Crippen LogP contribution is 2.24. The molecule has 0 aliphatic carbocycles. The Morgan fingerprint density at radius 1 is 1.19 bits per heavy atom. The van der Waals surface area contributed by atoms with Crippen molar-refractivity contribution in [2.24, 2.45) is 0 Å². The summed E-state index contributed by atoms with van der Waals surface area (Å²) in [5.74, 6) is 1.18. The topological polar surface area (TPSA) is 97.0 Å². The van der Waals surface area contributed by atoms with Crippen LogP contribution in [0.2, 0.25) is 0 Å². The second-order valence-corrected chi connectivity index (χ2v) is 6.32. The van der Waals surface area contributed by atoms with Crippen molar-refractivity contribution in [2.75, 3.05) is 18.5 Å². The van der Waals surface area contributed by atoms with E-state index >= 15 is 0 Å². The number of aromatic nitrogens is 4.